The highest BCUT2D eigenvalue weighted by Gasteiger charge is 2.24. The van der Waals surface area contributed by atoms with Gasteiger partial charge in [-0.3, -0.25) is 14.9 Å². The second-order valence-corrected chi connectivity index (χ2v) is 5.79. The van der Waals surface area contributed by atoms with Gasteiger partial charge in [0.1, 0.15) is 5.56 Å². The summed E-state index contributed by atoms with van der Waals surface area (Å²) in [7, 11) is 0. The molecule has 1 aliphatic rings. The molecule has 108 valence electrons. The van der Waals surface area contributed by atoms with Crippen molar-refractivity contribution in [3.8, 4) is 0 Å². The third kappa shape index (κ3) is 3.48. The highest BCUT2D eigenvalue weighted by Crippen LogP contribution is 2.26. The molecule has 2 rings (SSSR count). The van der Waals surface area contributed by atoms with Crippen molar-refractivity contribution in [3.05, 3.63) is 38.9 Å². The van der Waals surface area contributed by atoms with Crippen LogP contribution >= 0.6 is 11.6 Å². The second-order valence-electron chi connectivity index (χ2n) is 5.35. The predicted molar refractivity (Wildman–Crippen MR) is 77.0 cm³/mol. The quantitative estimate of drug-likeness (QED) is 0.684. The van der Waals surface area contributed by atoms with E-state index in [0.29, 0.717) is 5.92 Å². The molecule has 20 heavy (non-hydrogen) atoms. The van der Waals surface area contributed by atoms with Crippen LogP contribution in [0.1, 0.15) is 43.0 Å². The number of hydrogen-bond acceptors (Lipinski definition) is 3. The average Bonchev–Trinajstić information content (AvgIpc) is 2.41. The number of nitrogens with one attached hydrogen (secondary N) is 1. The molecule has 0 aliphatic heterocycles. The molecule has 1 aromatic carbocycles. The lowest BCUT2D eigenvalue weighted by Crippen LogP contribution is -2.37. The molecule has 0 aromatic heterocycles. The van der Waals surface area contributed by atoms with Gasteiger partial charge in [0.25, 0.3) is 11.6 Å². The fraction of sp³-hybridized carbons (Fsp3) is 0.500. The third-order valence-corrected chi connectivity index (χ3v) is 3.99. The Labute approximate surface area is 122 Å². The normalized spacial score (nSPS) is 22.3. The fourth-order valence-corrected chi connectivity index (χ4v) is 2.68. The first-order valence-electron chi connectivity index (χ1n) is 6.72. The van der Waals surface area contributed by atoms with E-state index in [1.807, 2.05) is 0 Å². The molecule has 0 saturated heterocycles. The monoisotopic (exact) mass is 296 g/mol. The summed E-state index contributed by atoms with van der Waals surface area (Å²) in [6.07, 6.45) is 4.00. The van der Waals surface area contributed by atoms with E-state index in [2.05, 4.69) is 12.2 Å². The number of carbonyl (C=O) groups excluding carboxylic acids is 1. The summed E-state index contributed by atoms with van der Waals surface area (Å²) < 4.78 is 0. The summed E-state index contributed by atoms with van der Waals surface area (Å²) in [6.45, 7) is 2.20. The van der Waals surface area contributed by atoms with Gasteiger partial charge >= 0.3 is 0 Å². The van der Waals surface area contributed by atoms with Crippen molar-refractivity contribution >= 4 is 23.2 Å². The molecular formula is C14H17ClN2O3. The molecular weight excluding hydrogens is 280 g/mol. The minimum atomic E-state index is -0.580. The summed E-state index contributed by atoms with van der Waals surface area (Å²) in [4.78, 5) is 22.6. The van der Waals surface area contributed by atoms with Gasteiger partial charge < -0.3 is 5.32 Å². The minimum absolute atomic E-state index is 0.0676. The van der Waals surface area contributed by atoms with E-state index in [0.717, 1.165) is 25.7 Å². The van der Waals surface area contributed by atoms with E-state index in [9.17, 15) is 14.9 Å². The maximum absolute atomic E-state index is 12.2. The van der Waals surface area contributed by atoms with Crippen LogP contribution in [0.15, 0.2) is 18.2 Å². The van der Waals surface area contributed by atoms with E-state index in [1.165, 1.54) is 18.2 Å². The Morgan fingerprint density at radius 3 is 2.60 bits per heavy atom. The first-order valence-corrected chi connectivity index (χ1v) is 7.10. The van der Waals surface area contributed by atoms with Crippen LogP contribution in [0.3, 0.4) is 0 Å². The molecule has 1 fully saturated rings. The first kappa shape index (κ1) is 14.8. The Hall–Kier alpha value is -1.62. The molecule has 0 unspecified atom stereocenters. The third-order valence-electron chi connectivity index (χ3n) is 3.75. The molecule has 1 N–H and O–H groups in total. The summed E-state index contributed by atoms with van der Waals surface area (Å²) in [5, 5.41) is 14.1. The standard InChI is InChI=1S/C14H17ClN2O3/c1-9-2-5-11(6-3-9)16-14(18)12-7-4-10(15)8-13(12)17(19)20/h4,7-9,11H,2-3,5-6H2,1H3,(H,16,18). The Morgan fingerprint density at radius 1 is 1.35 bits per heavy atom. The van der Waals surface area contributed by atoms with Crippen LogP contribution in [0.4, 0.5) is 5.69 Å². The number of benzene rings is 1. The van der Waals surface area contributed by atoms with Crippen molar-refractivity contribution in [3.63, 3.8) is 0 Å². The van der Waals surface area contributed by atoms with Crippen LogP contribution in [0.5, 0.6) is 0 Å². The smallest absolute Gasteiger partial charge is 0.283 e. The summed E-state index contributed by atoms with van der Waals surface area (Å²) in [6, 6.07) is 4.21. The van der Waals surface area contributed by atoms with Crippen LogP contribution in [0, 0.1) is 16.0 Å². The Bertz CT molecular complexity index is 525. The van der Waals surface area contributed by atoms with E-state index in [-0.39, 0.29) is 22.3 Å². The molecule has 0 atom stereocenters. The van der Waals surface area contributed by atoms with Crippen molar-refractivity contribution in [1.29, 1.82) is 0 Å². The van der Waals surface area contributed by atoms with Gasteiger partial charge in [-0.05, 0) is 43.7 Å². The van der Waals surface area contributed by atoms with Gasteiger partial charge in [0, 0.05) is 17.1 Å². The van der Waals surface area contributed by atoms with E-state index < -0.39 is 10.8 Å². The minimum Gasteiger partial charge on any atom is -0.349 e. The largest absolute Gasteiger partial charge is 0.349 e. The zero-order valence-corrected chi connectivity index (χ0v) is 12.0. The van der Waals surface area contributed by atoms with E-state index in [1.54, 1.807) is 0 Å². The molecule has 0 bridgehead atoms. The van der Waals surface area contributed by atoms with Crippen molar-refractivity contribution < 1.29 is 9.72 Å². The first-order chi connectivity index (χ1) is 9.47. The highest BCUT2D eigenvalue weighted by atomic mass is 35.5. The van der Waals surface area contributed by atoms with Gasteiger partial charge in [-0.1, -0.05) is 18.5 Å². The van der Waals surface area contributed by atoms with Crippen molar-refractivity contribution in [2.45, 2.75) is 38.6 Å². The topological polar surface area (TPSA) is 72.2 Å². The summed E-state index contributed by atoms with van der Waals surface area (Å²) >= 11 is 5.74. The Morgan fingerprint density at radius 2 is 2.00 bits per heavy atom. The highest BCUT2D eigenvalue weighted by molar-refractivity contribution is 6.31. The zero-order chi connectivity index (χ0) is 14.7. The summed E-state index contributed by atoms with van der Waals surface area (Å²) in [5.41, 5.74) is -0.183. The van der Waals surface area contributed by atoms with Gasteiger partial charge in [0.2, 0.25) is 0 Å². The van der Waals surface area contributed by atoms with Crippen molar-refractivity contribution in [2.24, 2.45) is 5.92 Å². The second kappa shape index (κ2) is 6.22. The lowest BCUT2D eigenvalue weighted by atomic mass is 9.87. The van der Waals surface area contributed by atoms with Crippen molar-refractivity contribution in [2.75, 3.05) is 0 Å². The number of amides is 1. The van der Waals surface area contributed by atoms with Gasteiger partial charge in [-0.2, -0.15) is 0 Å². The molecule has 0 heterocycles. The SMILES string of the molecule is CC1CCC(NC(=O)c2ccc(Cl)cc2[N+](=O)[O-])CC1. The number of nitrogens with zero attached hydrogens (tertiary/aromatic N) is 1. The number of hydrogen-bond donors (Lipinski definition) is 1. The van der Waals surface area contributed by atoms with Gasteiger partial charge in [-0.25, -0.2) is 0 Å². The fourth-order valence-electron chi connectivity index (χ4n) is 2.52. The molecule has 1 aliphatic carbocycles. The molecule has 1 amide bonds. The number of carbonyl (C=O) groups is 1. The number of nitro groups is 1. The van der Waals surface area contributed by atoms with Crippen LogP contribution < -0.4 is 5.32 Å². The van der Waals surface area contributed by atoms with Crippen molar-refractivity contribution in [1.82, 2.24) is 5.32 Å². The van der Waals surface area contributed by atoms with E-state index in [4.69, 9.17) is 11.6 Å². The van der Waals surface area contributed by atoms with Gasteiger partial charge in [-0.15, -0.1) is 0 Å². The van der Waals surface area contributed by atoms with Gasteiger partial charge in [0.05, 0.1) is 4.92 Å². The lowest BCUT2D eigenvalue weighted by Gasteiger charge is -2.26. The zero-order valence-electron chi connectivity index (χ0n) is 11.3. The van der Waals surface area contributed by atoms with Gasteiger partial charge in [0.15, 0.2) is 0 Å². The number of nitro benzene ring substituents is 1. The maximum atomic E-state index is 12.2. The molecule has 1 saturated carbocycles. The van der Waals surface area contributed by atoms with Crippen LogP contribution in [0.2, 0.25) is 5.02 Å². The Kier molecular flexibility index (Phi) is 4.60. The predicted octanol–water partition coefficient (Wildman–Crippen LogP) is 3.56. The molecule has 6 heteroatoms. The number of halogens is 1. The van der Waals surface area contributed by atoms with Crippen LogP contribution in [0.25, 0.3) is 0 Å². The van der Waals surface area contributed by atoms with Crippen LogP contribution in [-0.2, 0) is 0 Å². The number of rotatable bonds is 3. The molecule has 0 spiro atoms. The molecule has 5 nitrogen and oxygen atoms in total. The van der Waals surface area contributed by atoms with E-state index >= 15 is 0 Å². The lowest BCUT2D eigenvalue weighted by molar-refractivity contribution is -0.385. The molecule has 1 aromatic rings. The van der Waals surface area contributed by atoms with Crippen LogP contribution in [-0.4, -0.2) is 16.9 Å². The molecule has 0 radical (unpaired) electrons. The Balaban J connectivity index is 2.11. The average molecular weight is 297 g/mol. The maximum Gasteiger partial charge on any atom is 0.283 e. The summed E-state index contributed by atoms with van der Waals surface area (Å²) in [5.74, 6) is 0.293.